The van der Waals surface area contributed by atoms with E-state index in [1.807, 2.05) is 0 Å². The van der Waals surface area contributed by atoms with Gasteiger partial charge in [0.05, 0.1) is 13.1 Å². The number of esters is 1. The van der Waals surface area contributed by atoms with Crippen molar-refractivity contribution in [3.63, 3.8) is 0 Å². The molecule has 186 valence electrons. The van der Waals surface area contributed by atoms with Gasteiger partial charge in [0.1, 0.15) is 6.61 Å². The molecular formula is C23H42N2O6S. The second kappa shape index (κ2) is 15.5. The van der Waals surface area contributed by atoms with Crippen LogP contribution in [-0.2, 0) is 28.3 Å². The van der Waals surface area contributed by atoms with Gasteiger partial charge in [-0.05, 0) is 6.42 Å². The largest absolute Gasteiger partial charge is 0.464 e. The van der Waals surface area contributed by atoms with Crippen LogP contribution in [0.2, 0.25) is 0 Å². The van der Waals surface area contributed by atoms with Crippen LogP contribution in [0.1, 0.15) is 110 Å². The minimum atomic E-state index is -4.01. The molecule has 2 aliphatic heterocycles. The number of ether oxygens (including phenoxy) is 1. The summed E-state index contributed by atoms with van der Waals surface area (Å²) in [6.45, 7) is 3.05. The number of hydrogen-bond donors (Lipinski definition) is 0. The van der Waals surface area contributed by atoms with Crippen LogP contribution in [0.3, 0.4) is 0 Å². The topological polar surface area (TPSA) is 94.5 Å². The van der Waals surface area contributed by atoms with Crippen LogP contribution in [0.15, 0.2) is 4.99 Å². The third-order valence-corrected chi connectivity index (χ3v) is 6.73. The van der Waals surface area contributed by atoms with Crippen LogP contribution in [-0.4, -0.2) is 51.2 Å². The number of carbonyl (C=O) groups excluding carboxylic acids is 1. The van der Waals surface area contributed by atoms with Gasteiger partial charge in [-0.2, -0.15) is 13.4 Å². The molecule has 1 atom stereocenters. The Kier molecular flexibility index (Phi) is 13.0. The summed E-state index contributed by atoms with van der Waals surface area (Å²) >= 11 is 0. The Morgan fingerprint density at radius 3 is 2.03 bits per heavy atom. The maximum absolute atomic E-state index is 11.9. The molecule has 0 aromatic heterocycles. The van der Waals surface area contributed by atoms with Gasteiger partial charge in [-0.3, -0.25) is 4.79 Å². The molecule has 1 unspecified atom stereocenters. The van der Waals surface area contributed by atoms with E-state index >= 15 is 0 Å². The van der Waals surface area contributed by atoms with Crippen LogP contribution in [0.5, 0.6) is 0 Å². The number of rotatable bonds is 19. The number of carbonyl (C=O) groups is 1. The minimum absolute atomic E-state index is 0.0136. The highest BCUT2D eigenvalue weighted by atomic mass is 32.3. The van der Waals surface area contributed by atoms with Crippen molar-refractivity contribution >= 4 is 22.4 Å². The molecule has 9 heteroatoms. The summed E-state index contributed by atoms with van der Waals surface area (Å²) < 4.78 is 37.2. The average Bonchev–Trinajstić information content (AvgIpc) is 3.04. The lowest BCUT2D eigenvalue weighted by molar-refractivity contribution is -0.144. The molecule has 0 fully saturated rings. The molecule has 0 radical (unpaired) electrons. The van der Waals surface area contributed by atoms with Crippen LogP contribution < -0.4 is 0 Å². The molecule has 0 aromatic carbocycles. The maximum atomic E-state index is 11.9. The molecule has 0 aromatic rings. The summed E-state index contributed by atoms with van der Waals surface area (Å²) in [5, 5.41) is 0. The number of hydrogen-bond acceptors (Lipinski definition) is 8. The van der Waals surface area contributed by atoms with Gasteiger partial charge in [0.2, 0.25) is 0 Å². The molecule has 2 aliphatic rings. The molecular weight excluding hydrogens is 432 g/mol. The van der Waals surface area contributed by atoms with Crippen molar-refractivity contribution in [2.24, 2.45) is 4.99 Å². The number of aliphatic imine (C=N–C) groups is 1. The second-order valence-corrected chi connectivity index (χ2v) is 10.00. The number of amidine groups is 1. The van der Waals surface area contributed by atoms with E-state index in [4.69, 9.17) is 4.74 Å². The normalized spacial score (nSPS) is 19.0. The summed E-state index contributed by atoms with van der Waals surface area (Å²) in [4.78, 5) is 17.4. The molecule has 0 N–H and O–H groups in total. The van der Waals surface area contributed by atoms with Gasteiger partial charge < -0.3 is 13.8 Å². The highest BCUT2D eigenvalue weighted by molar-refractivity contribution is 7.82. The fourth-order valence-corrected chi connectivity index (χ4v) is 4.80. The Hall–Kier alpha value is -1.35. The zero-order valence-corrected chi connectivity index (χ0v) is 20.6. The Morgan fingerprint density at radius 1 is 0.938 bits per heavy atom. The molecule has 0 aliphatic carbocycles. The fraction of sp³-hybridized carbons (Fsp3) is 0.913. The number of fused-ring (bicyclic) bond motifs is 1. The molecule has 0 saturated carbocycles. The quantitative estimate of drug-likeness (QED) is 0.190. The summed E-state index contributed by atoms with van der Waals surface area (Å²) in [5.41, 5.74) is 0. The minimum Gasteiger partial charge on any atom is -0.464 e. The Bertz CT molecular complexity index is 667. The van der Waals surface area contributed by atoms with Gasteiger partial charge in [0, 0.05) is 6.42 Å². The smallest absolute Gasteiger partial charge is 0.453 e. The summed E-state index contributed by atoms with van der Waals surface area (Å²) in [6.07, 6.45) is 19.1. The number of unbranched alkanes of at least 4 members (excludes halogenated alkanes) is 14. The van der Waals surface area contributed by atoms with Crippen molar-refractivity contribution in [2.45, 2.75) is 116 Å². The highest BCUT2D eigenvalue weighted by Crippen LogP contribution is 2.21. The van der Waals surface area contributed by atoms with Gasteiger partial charge >= 0.3 is 22.4 Å². The van der Waals surface area contributed by atoms with Crippen molar-refractivity contribution < 1.29 is 26.3 Å². The first-order valence-corrected chi connectivity index (χ1v) is 13.9. The zero-order chi connectivity index (χ0) is 23.1. The third kappa shape index (κ3) is 11.5. The lowest BCUT2D eigenvalue weighted by Crippen LogP contribution is -2.33. The zero-order valence-electron chi connectivity index (χ0n) is 19.8. The fourth-order valence-electron chi connectivity index (χ4n) is 4.05. The van der Waals surface area contributed by atoms with Crippen LogP contribution in [0.4, 0.5) is 0 Å². The first-order chi connectivity index (χ1) is 15.5. The Labute approximate surface area is 194 Å². The van der Waals surface area contributed by atoms with Gasteiger partial charge in [0.25, 0.3) is 0 Å². The molecule has 0 spiro atoms. The number of nitrogens with zero attached hydrogens (tertiary/aromatic N) is 2. The maximum Gasteiger partial charge on any atom is 0.453 e. The van der Waals surface area contributed by atoms with E-state index in [1.54, 1.807) is 4.90 Å². The Morgan fingerprint density at radius 2 is 1.47 bits per heavy atom. The van der Waals surface area contributed by atoms with Gasteiger partial charge in [0.15, 0.2) is 6.23 Å². The van der Waals surface area contributed by atoms with Crippen LogP contribution >= 0.6 is 0 Å². The van der Waals surface area contributed by atoms with Gasteiger partial charge in [-0.25, -0.2) is 4.18 Å². The summed E-state index contributed by atoms with van der Waals surface area (Å²) in [7, 11) is -4.01. The van der Waals surface area contributed by atoms with Gasteiger partial charge in [-0.15, -0.1) is 0 Å². The molecule has 8 nitrogen and oxygen atoms in total. The van der Waals surface area contributed by atoms with E-state index in [9.17, 15) is 13.2 Å². The Balaban J connectivity index is 1.33. The molecule has 2 bridgehead atoms. The van der Waals surface area contributed by atoms with Gasteiger partial charge in [-0.1, -0.05) is 96.8 Å². The van der Waals surface area contributed by atoms with Crippen molar-refractivity contribution in [1.29, 1.82) is 0 Å². The second-order valence-electron chi connectivity index (χ2n) is 8.82. The summed E-state index contributed by atoms with van der Waals surface area (Å²) in [6, 6.07) is 0.0136. The van der Waals surface area contributed by atoms with E-state index in [0.29, 0.717) is 13.0 Å². The first-order valence-electron chi connectivity index (χ1n) is 12.6. The molecule has 0 saturated heterocycles. The van der Waals surface area contributed by atoms with Crippen LogP contribution in [0, 0.1) is 0 Å². The molecule has 2 heterocycles. The van der Waals surface area contributed by atoms with E-state index in [0.717, 1.165) is 12.8 Å². The van der Waals surface area contributed by atoms with Crippen molar-refractivity contribution in [3.8, 4) is 0 Å². The van der Waals surface area contributed by atoms with Crippen molar-refractivity contribution in [2.75, 3.05) is 19.7 Å². The van der Waals surface area contributed by atoms with E-state index < -0.39 is 16.6 Å². The average molecular weight is 475 g/mol. The monoisotopic (exact) mass is 474 g/mol. The van der Waals surface area contributed by atoms with Crippen LogP contribution in [0.25, 0.3) is 0 Å². The molecule has 32 heavy (non-hydrogen) atoms. The standard InChI is InChI=1S/C23H42N2O6S/c1-2-3-4-5-6-7-8-9-10-11-12-13-14-15-16-17-22(26)29-19-18-25-20-21-24-23(25)31-32(27,28)30-21/h21H,2-20H2,1H3. The SMILES string of the molecule is CCCCCCCCCCCCCCCCCC(=O)OCCN1CC2N=C1OS(=O)(=O)O2. The predicted octanol–water partition coefficient (Wildman–Crippen LogP) is 5.08. The van der Waals surface area contributed by atoms with Crippen molar-refractivity contribution in [1.82, 2.24) is 4.90 Å². The molecule has 0 amide bonds. The first kappa shape index (κ1) is 26.9. The van der Waals surface area contributed by atoms with E-state index in [-0.39, 0.29) is 25.1 Å². The lowest BCUT2D eigenvalue weighted by Gasteiger charge is -2.16. The molecule has 2 rings (SSSR count). The third-order valence-electron chi connectivity index (χ3n) is 5.92. The lowest BCUT2D eigenvalue weighted by atomic mass is 10.0. The van der Waals surface area contributed by atoms with E-state index in [1.165, 1.54) is 83.5 Å². The van der Waals surface area contributed by atoms with E-state index in [2.05, 4.69) is 20.3 Å². The van der Waals surface area contributed by atoms with Crippen molar-refractivity contribution in [3.05, 3.63) is 0 Å². The predicted molar refractivity (Wildman–Crippen MR) is 124 cm³/mol. The summed E-state index contributed by atoms with van der Waals surface area (Å²) in [5.74, 6) is -0.214. The highest BCUT2D eigenvalue weighted by Gasteiger charge is 2.39.